The van der Waals surface area contributed by atoms with E-state index in [2.05, 4.69) is 10.4 Å². The maximum absolute atomic E-state index is 13.3. The number of nitrogens with zero attached hydrogens (tertiary/aromatic N) is 2. The minimum atomic E-state index is -0.520. The van der Waals surface area contributed by atoms with Crippen LogP contribution in [0.2, 0.25) is 0 Å². The van der Waals surface area contributed by atoms with Gasteiger partial charge in [0.2, 0.25) is 5.91 Å². The lowest BCUT2D eigenvalue weighted by molar-refractivity contribution is -0.116. The van der Waals surface area contributed by atoms with Crippen LogP contribution in [0.3, 0.4) is 0 Å². The van der Waals surface area contributed by atoms with Gasteiger partial charge in [-0.05, 0) is 50.1 Å². The highest BCUT2D eigenvalue weighted by molar-refractivity contribution is 6.08. The van der Waals surface area contributed by atoms with Crippen LogP contribution in [0.4, 0.5) is 5.82 Å². The van der Waals surface area contributed by atoms with Crippen LogP contribution in [-0.2, 0) is 4.79 Å². The molecule has 0 saturated carbocycles. The highest BCUT2D eigenvalue weighted by Gasteiger charge is 2.36. The number of amides is 1. The number of carbonyl (C=O) groups excluding carboxylic acids is 2. The van der Waals surface area contributed by atoms with Gasteiger partial charge >= 0.3 is 0 Å². The Kier molecular flexibility index (Phi) is 4.15. The zero-order chi connectivity index (χ0) is 19.1. The number of fused-ring (bicyclic) bond motifs is 1. The Morgan fingerprint density at radius 1 is 1.07 bits per heavy atom. The van der Waals surface area contributed by atoms with Gasteiger partial charge < -0.3 is 5.32 Å². The van der Waals surface area contributed by atoms with Crippen molar-refractivity contribution in [3.63, 3.8) is 0 Å². The molecule has 1 aliphatic rings. The van der Waals surface area contributed by atoms with Crippen molar-refractivity contribution in [1.82, 2.24) is 9.78 Å². The summed E-state index contributed by atoms with van der Waals surface area (Å²) in [5.41, 5.74) is 5.26. The van der Waals surface area contributed by atoms with Gasteiger partial charge in [0.05, 0.1) is 17.3 Å². The molecule has 1 aromatic heterocycles. The van der Waals surface area contributed by atoms with E-state index < -0.39 is 5.92 Å². The number of aromatic nitrogens is 2. The first-order valence-electron chi connectivity index (χ1n) is 9.02. The summed E-state index contributed by atoms with van der Waals surface area (Å²) in [6, 6.07) is 15.3. The van der Waals surface area contributed by atoms with E-state index in [0.717, 1.165) is 28.1 Å². The van der Waals surface area contributed by atoms with E-state index in [-0.39, 0.29) is 18.1 Å². The largest absolute Gasteiger partial charge is 0.310 e. The van der Waals surface area contributed by atoms with Crippen molar-refractivity contribution in [2.75, 3.05) is 5.32 Å². The van der Waals surface area contributed by atoms with E-state index in [1.54, 1.807) is 4.68 Å². The van der Waals surface area contributed by atoms with Gasteiger partial charge in [-0.25, -0.2) is 4.68 Å². The molecule has 0 fully saturated rings. The van der Waals surface area contributed by atoms with Crippen LogP contribution in [0.15, 0.2) is 48.5 Å². The van der Waals surface area contributed by atoms with Crippen LogP contribution < -0.4 is 5.32 Å². The molecule has 0 aliphatic carbocycles. The fraction of sp³-hybridized carbons (Fsp3) is 0.227. The molecule has 0 saturated heterocycles. The van der Waals surface area contributed by atoms with Crippen molar-refractivity contribution in [3.8, 4) is 5.69 Å². The lowest BCUT2D eigenvalue weighted by Gasteiger charge is -2.23. The quantitative estimate of drug-likeness (QED) is 0.716. The molecule has 0 spiro atoms. The molecule has 1 atom stereocenters. The van der Waals surface area contributed by atoms with Gasteiger partial charge in [0, 0.05) is 17.5 Å². The average Bonchev–Trinajstić information content (AvgIpc) is 3.00. The first kappa shape index (κ1) is 17.2. The minimum absolute atomic E-state index is 0.0371. The molecule has 1 amide bonds. The monoisotopic (exact) mass is 359 g/mol. The summed E-state index contributed by atoms with van der Waals surface area (Å²) in [6.07, 6.45) is 0.139. The Hall–Kier alpha value is -3.21. The Morgan fingerprint density at radius 3 is 2.52 bits per heavy atom. The number of hydrogen-bond acceptors (Lipinski definition) is 3. The summed E-state index contributed by atoms with van der Waals surface area (Å²) in [7, 11) is 0. The molecule has 0 bridgehead atoms. The van der Waals surface area contributed by atoms with Gasteiger partial charge in [-0.1, -0.05) is 30.3 Å². The van der Waals surface area contributed by atoms with E-state index in [4.69, 9.17) is 0 Å². The second kappa shape index (κ2) is 6.50. The van der Waals surface area contributed by atoms with Crippen LogP contribution in [-0.4, -0.2) is 21.5 Å². The SMILES string of the molecule is Cc1ccc(C(=O)C2CC(=O)Nc3c2c(C)nn3-c2ccccc2)cc1C. The number of anilines is 1. The predicted octanol–water partition coefficient (Wildman–Crippen LogP) is 4.11. The van der Waals surface area contributed by atoms with Gasteiger partial charge in [-0.3, -0.25) is 9.59 Å². The number of rotatable bonds is 3. The molecule has 1 N–H and O–H groups in total. The second-order valence-corrected chi connectivity index (χ2v) is 7.06. The number of benzene rings is 2. The van der Waals surface area contributed by atoms with E-state index in [9.17, 15) is 9.59 Å². The molecular weight excluding hydrogens is 338 g/mol. The topological polar surface area (TPSA) is 64.0 Å². The number of carbonyl (C=O) groups is 2. The number of Topliss-reactive ketones (excluding diaryl/α,β-unsaturated/α-hetero) is 1. The van der Waals surface area contributed by atoms with E-state index in [1.165, 1.54) is 0 Å². The van der Waals surface area contributed by atoms with E-state index >= 15 is 0 Å². The molecular formula is C22H21N3O2. The van der Waals surface area contributed by atoms with Gasteiger partial charge in [0.15, 0.2) is 5.78 Å². The zero-order valence-corrected chi connectivity index (χ0v) is 15.6. The third kappa shape index (κ3) is 2.95. The molecule has 27 heavy (non-hydrogen) atoms. The first-order chi connectivity index (χ1) is 13.0. The van der Waals surface area contributed by atoms with Gasteiger partial charge in [-0.2, -0.15) is 5.10 Å². The Bertz CT molecular complexity index is 1050. The smallest absolute Gasteiger partial charge is 0.226 e. The summed E-state index contributed by atoms with van der Waals surface area (Å²) in [5, 5.41) is 7.52. The second-order valence-electron chi connectivity index (χ2n) is 7.06. The van der Waals surface area contributed by atoms with Crippen molar-refractivity contribution < 1.29 is 9.59 Å². The summed E-state index contributed by atoms with van der Waals surface area (Å²) >= 11 is 0. The van der Waals surface area contributed by atoms with Crippen molar-refractivity contribution in [1.29, 1.82) is 0 Å². The number of nitrogens with one attached hydrogen (secondary N) is 1. The summed E-state index contributed by atoms with van der Waals surface area (Å²) in [5.74, 6) is -0.128. The number of para-hydroxylation sites is 1. The summed E-state index contributed by atoms with van der Waals surface area (Å²) < 4.78 is 1.71. The third-order valence-electron chi connectivity index (χ3n) is 5.21. The van der Waals surface area contributed by atoms with Crippen LogP contribution >= 0.6 is 0 Å². The summed E-state index contributed by atoms with van der Waals surface area (Å²) in [4.78, 5) is 25.6. The van der Waals surface area contributed by atoms with Crippen molar-refractivity contribution in [3.05, 3.63) is 76.5 Å². The third-order valence-corrected chi connectivity index (χ3v) is 5.21. The normalized spacial score (nSPS) is 16.0. The lowest BCUT2D eigenvalue weighted by atomic mass is 9.85. The fourth-order valence-corrected chi connectivity index (χ4v) is 3.62. The lowest BCUT2D eigenvalue weighted by Crippen LogP contribution is -2.28. The molecule has 3 aromatic rings. The van der Waals surface area contributed by atoms with Crippen LogP contribution in [0.5, 0.6) is 0 Å². The Morgan fingerprint density at radius 2 is 1.81 bits per heavy atom. The Balaban J connectivity index is 1.82. The predicted molar refractivity (Wildman–Crippen MR) is 105 cm³/mol. The number of aryl methyl sites for hydroxylation is 3. The maximum Gasteiger partial charge on any atom is 0.226 e. The van der Waals surface area contributed by atoms with Gasteiger partial charge in [0.25, 0.3) is 0 Å². The van der Waals surface area contributed by atoms with Crippen LogP contribution in [0.1, 0.15) is 45.1 Å². The molecule has 5 nitrogen and oxygen atoms in total. The summed E-state index contributed by atoms with van der Waals surface area (Å²) in [6.45, 7) is 5.89. The molecule has 136 valence electrons. The van der Waals surface area contributed by atoms with Crippen LogP contribution in [0, 0.1) is 20.8 Å². The van der Waals surface area contributed by atoms with Gasteiger partial charge in [-0.15, -0.1) is 0 Å². The molecule has 2 aromatic carbocycles. The minimum Gasteiger partial charge on any atom is -0.310 e. The fourth-order valence-electron chi connectivity index (χ4n) is 3.62. The standard InChI is InChI=1S/C22H21N3O2/c1-13-9-10-16(11-14(13)2)21(27)18-12-19(26)23-22-20(18)15(3)24-25(22)17-7-5-4-6-8-17/h4-11,18H,12H2,1-3H3,(H,23,26). The van der Waals surface area contributed by atoms with Crippen molar-refractivity contribution in [2.45, 2.75) is 33.1 Å². The van der Waals surface area contributed by atoms with Crippen molar-refractivity contribution >= 4 is 17.5 Å². The maximum atomic E-state index is 13.3. The molecule has 2 heterocycles. The van der Waals surface area contributed by atoms with Crippen molar-refractivity contribution in [2.24, 2.45) is 0 Å². The molecule has 1 aliphatic heterocycles. The molecule has 0 radical (unpaired) electrons. The molecule has 4 rings (SSSR count). The first-order valence-corrected chi connectivity index (χ1v) is 9.02. The highest BCUT2D eigenvalue weighted by Crippen LogP contribution is 2.38. The average molecular weight is 359 g/mol. The molecule has 1 unspecified atom stereocenters. The van der Waals surface area contributed by atoms with Gasteiger partial charge in [0.1, 0.15) is 5.82 Å². The van der Waals surface area contributed by atoms with E-state index in [0.29, 0.717) is 11.4 Å². The Labute approximate surface area is 158 Å². The molecule has 5 heteroatoms. The highest BCUT2D eigenvalue weighted by atomic mass is 16.2. The number of hydrogen-bond donors (Lipinski definition) is 1. The zero-order valence-electron chi connectivity index (χ0n) is 15.6. The van der Waals surface area contributed by atoms with E-state index in [1.807, 2.05) is 69.3 Å². The number of ketones is 1. The van der Waals surface area contributed by atoms with Crippen LogP contribution in [0.25, 0.3) is 5.69 Å².